The molecule has 0 radical (unpaired) electrons. The van der Waals surface area contributed by atoms with E-state index in [9.17, 15) is 19.2 Å². The van der Waals surface area contributed by atoms with Crippen LogP contribution >= 0.6 is 0 Å². The minimum Gasteiger partial charge on any atom is -0.477 e. The van der Waals surface area contributed by atoms with Gasteiger partial charge in [-0.05, 0) is 0 Å². The van der Waals surface area contributed by atoms with E-state index in [4.69, 9.17) is 10.2 Å². The molecule has 1 heterocycles. The van der Waals surface area contributed by atoms with Crippen molar-refractivity contribution in [3.05, 3.63) is 0 Å². The normalized spacial score (nSPS) is 17.9. The Morgan fingerprint density at radius 3 is 1.71 bits per heavy atom. The Bertz CT molecular complexity index is 323. The first-order valence-corrected chi connectivity index (χ1v) is 4.35. The third-order valence-corrected chi connectivity index (χ3v) is 2.10. The van der Waals surface area contributed by atoms with Gasteiger partial charge in [0.2, 0.25) is 0 Å². The summed E-state index contributed by atoms with van der Waals surface area (Å²) in [5.74, 6) is -4.36. The molecule has 1 fully saturated rings. The highest BCUT2D eigenvalue weighted by molar-refractivity contribution is 5.89. The second-order valence-corrected chi connectivity index (χ2v) is 3.61. The van der Waals surface area contributed by atoms with Crippen molar-refractivity contribution in [3.8, 4) is 0 Å². The summed E-state index contributed by atoms with van der Waals surface area (Å²) in [6.45, 7) is -2.06. The molecule has 0 unspecified atom stereocenters. The van der Waals surface area contributed by atoms with Gasteiger partial charge in [0.15, 0.2) is 26.2 Å². The fourth-order valence-electron chi connectivity index (χ4n) is 1.65. The number of carboxylic acids is 2. The van der Waals surface area contributed by atoms with Crippen LogP contribution in [-0.2, 0) is 23.9 Å². The van der Waals surface area contributed by atoms with E-state index in [2.05, 4.69) is 4.74 Å². The van der Waals surface area contributed by atoms with Gasteiger partial charge in [-0.1, -0.05) is 0 Å². The number of hydrogen-bond acceptors (Lipinski definition) is 6. The van der Waals surface area contributed by atoms with Crippen LogP contribution in [0, 0.1) is 0 Å². The van der Waals surface area contributed by atoms with Crippen LogP contribution in [-0.4, -0.2) is 64.8 Å². The molecule has 17 heavy (non-hydrogen) atoms. The summed E-state index contributed by atoms with van der Waals surface area (Å²) in [6.07, 6.45) is 0. The number of quaternary nitrogens is 1. The van der Waals surface area contributed by atoms with Gasteiger partial charge in [0.05, 0.1) is 0 Å². The van der Waals surface area contributed by atoms with Gasteiger partial charge >= 0.3 is 23.9 Å². The van der Waals surface area contributed by atoms with Crippen molar-refractivity contribution in [2.24, 2.45) is 0 Å². The van der Waals surface area contributed by atoms with Crippen LogP contribution in [0.25, 0.3) is 0 Å². The van der Waals surface area contributed by atoms with Crippen LogP contribution in [0.3, 0.4) is 0 Å². The van der Waals surface area contributed by atoms with E-state index < -0.39 is 54.5 Å². The zero-order chi connectivity index (χ0) is 12.3. The zero-order valence-corrected chi connectivity index (χ0v) is 8.92. The molecular formula is C8H13N2O7+. The smallest absolute Gasteiger partial charge is 0.369 e. The molecule has 9 nitrogen and oxygen atoms in total. The first kappa shape index (κ1) is 15.0. The van der Waals surface area contributed by atoms with Crippen molar-refractivity contribution in [2.75, 3.05) is 26.2 Å². The highest BCUT2D eigenvalue weighted by Crippen LogP contribution is 2.12. The minimum absolute atomic E-state index is 0. The molecule has 0 amide bonds. The first-order valence-electron chi connectivity index (χ1n) is 4.35. The fraction of sp³-hybridized carbons (Fsp3) is 0.500. The van der Waals surface area contributed by atoms with Gasteiger partial charge in [0.1, 0.15) is 0 Å². The second kappa shape index (κ2) is 5.37. The van der Waals surface area contributed by atoms with E-state index in [1.54, 1.807) is 0 Å². The lowest BCUT2D eigenvalue weighted by Crippen LogP contribution is -2.62. The maximum atomic E-state index is 11.0. The average Bonchev–Trinajstić information content (AvgIpc) is 1.95. The van der Waals surface area contributed by atoms with Crippen molar-refractivity contribution in [3.63, 3.8) is 0 Å². The molecule has 1 rings (SSSR count). The van der Waals surface area contributed by atoms with Crippen molar-refractivity contribution in [2.45, 2.75) is 0 Å². The topological polar surface area (TPSA) is 153 Å². The Morgan fingerprint density at radius 2 is 1.41 bits per heavy atom. The van der Waals surface area contributed by atoms with Gasteiger partial charge in [0, 0.05) is 0 Å². The summed E-state index contributed by atoms with van der Waals surface area (Å²) in [5, 5.41) is 17.3. The second-order valence-electron chi connectivity index (χ2n) is 3.61. The number of nitrogens with zero attached hydrogens (tertiary/aromatic N) is 1. The fourth-order valence-corrected chi connectivity index (χ4v) is 1.65. The molecule has 9 heteroatoms. The van der Waals surface area contributed by atoms with Crippen LogP contribution in [0.2, 0.25) is 0 Å². The van der Waals surface area contributed by atoms with Crippen LogP contribution < -0.4 is 6.15 Å². The molecule has 0 atom stereocenters. The molecule has 0 aromatic carbocycles. The van der Waals surface area contributed by atoms with Crippen molar-refractivity contribution >= 4 is 23.9 Å². The van der Waals surface area contributed by atoms with Gasteiger partial charge in [-0.25, -0.2) is 19.2 Å². The SMILES string of the molecule is N.O=C(O)C[N+]1(CC(=O)O)CC(=O)OC(=O)C1. The van der Waals surface area contributed by atoms with Gasteiger partial charge in [-0.15, -0.1) is 0 Å². The molecule has 1 aliphatic heterocycles. The maximum Gasteiger partial charge on any atom is 0.369 e. The van der Waals surface area contributed by atoms with E-state index in [0.717, 1.165) is 0 Å². The third kappa shape index (κ3) is 4.17. The number of rotatable bonds is 4. The molecule has 5 N–H and O–H groups in total. The summed E-state index contributed by atoms with van der Waals surface area (Å²) in [5.41, 5.74) is 0. The number of ether oxygens (including phenoxy) is 1. The minimum atomic E-state index is -1.27. The molecule has 0 aromatic heterocycles. The predicted octanol–water partition coefficient (Wildman–Crippen LogP) is -1.78. The summed E-state index contributed by atoms with van der Waals surface area (Å²) in [7, 11) is 0. The number of aliphatic carboxylic acids is 2. The molecule has 1 aliphatic rings. The molecule has 1 saturated heterocycles. The summed E-state index contributed by atoms with van der Waals surface area (Å²) >= 11 is 0. The van der Waals surface area contributed by atoms with Gasteiger partial charge in [0.25, 0.3) is 0 Å². The average molecular weight is 249 g/mol. The predicted molar refractivity (Wildman–Crippen MR) is 51.1 cm³/mol. The van der Waals surface area contributed by atoms with Crippen LogP contribution in [0.4, 0.5) is 0 Å². The lowest BCUT2D eigenvalue weighted by molar-refractivity contribution is -0.903. The third-order valence-electron chi connectivity index (χ3n) is 2.10. The van der Waals surface area contributed by atoms with Crippen LogP contribution in [0.5, 0.6) is 0 Å². The number of carbonyl (C=O) groups is 4. The molecule has 0 spiro atoms. The Labute approximate surface area is 95.7 Å². The lowest BCUT2D eigenvalue weighted by atomic mass is 10.2. The molecule has 0 bridgehead atoms. The van der Waals surface area contributed by atoms with Gasteiger partial charge in [-0.2, -0.15) is 0 Å². The van der Waals surface area contributed by atoms with Crippen LogP contribution in [0.1, 0.15) is 0 Å². The Balaban J connectivity index is 0.00000256. The van der Waals surface area contributed by atoms with E-state index >= 15 is 0 Å². The molecular weight excluding hydrogens is 236 g/mol. The summed E-state index contributed by atoms with van der Waals surface area (Å²) < 4.78 is 3.59. The lowest BCUT2D eigenvalue weighted by Gasteiger charge is -2.35. The Kier molecular flexibility index (Phi) is 4.73. The molecule has 0 saturated carbocycles. The van der Waals surface area contributed by atoms with Gasteiger partial charge in [-0.3, -0.25) is 4.48 Å². The highest BCUT2D eigenvalue weighted by atomic mass is 16.6. The molecule has 0 aliphatic carbocycles. The largest absolute Gasteiger partial charge is 0.477 e. The molecule has 96 valence electrons. The number of morpholine rings is 1. The van der Waals surface area contributed by atoms with Crippen molar-refractivity contribution in [1.82, 2.24) is 6.15 Å². The standard InChI is InChI=1S/C8H9NO7.H3N/c10-5(11)1-9(2-6(12)13)3-7(14)16-8(15)4-9;/h1-4H2,(H-,10,11,12,13);1H3/p+1. The van der Waals surface area contributed by atoms with Crippen molar-refractivity contribution in [1.29, 1.82) is 0 Å². The number of carboxylic acid groups (broad SMARTS) is 2. The summed E-state index contributed by atoms with van der Waals surface area (Å²) in [4.78, 5) is 43.2. The van der Waals surface area contributed by atoms with E-state index in [0.29, 0.717) is 0 Å². The Morgan fingerprint density at radius 1 is 1.06 bits per heavy atom. The van der Waals surface area contributed by atoms with E-state index in [1.807, 2.05) is 0 Å². The summed E-state index contributed by atoms with van der Waals surface area (Å²) in [6, 6.07) is 0. The van der Waals surface area contributed by atoms with E-state index in [1.165, 1.54) is 0 Å². The zero-order valence-electron chi connectivity index (χ0n) is 8.92. The number of carbonyl (C=O) groups excluding carboxylic acids is 2. The number of cyclic esters (lactones) is 2. The maximum absolute atomic E-state index is 11.0. The van der Waals surface area contributed by atoms with Gasteiger partial charge < -0.3 is 21.1 Å². The quantitative estimate of drug-likeness (QED) is 0.300. The number of esters is 2. The molecule has 0 aromatic rings. The van der Waals surface area contributed by atoms with Crippen LogP contribution in [0.15, 0.2) is 0 Å². The Hall–Kier alpha value is -2.00. The highest BCUT2D eigenvalue weighted by Gasteiger charge is 2.43. The number of hydrogen-bond donors (Lipinski definition) is 3. The first-order chi connectivity index (χ1) is 7.33. The monoisotopic (exact) mass is 249 g/mol. The van der Waals surface area contributed by atoms with Crippen molar-refractivity contribution < 1.29 is 38.6 Å². The van der Waals surface area contributed by atoms with E-state index in [-0.39, 0.29) is 6.15 Å².